The first-order chi connectivity index (χ1) is 8.52. The molecule has 0 saturated carbocycles. The molecule has 1 heterocycles. The Balaban J connectivity index is 2.48. The molecule has 1 amide bonds. The van der Waals surface area contributed by atoms with E-state index in [1.54, 1.807) is 12.3 Å². The number of thiocarbonyl (C=S) groups is 1. The predicted molar refractivity (Wildman–Crippen MR) is 73.3 cm³/mol. The van der Waals surface area contributed by atoms with Crippen LogP contribution in [0.1, 0.15) is 15.9 Å². The van der Waals surface area contributed by atoms with Crippen LogP contribution in [0, 0.1) is 11.5 Å². The third-order valence-electron chi connectivity index (χ3n) is 2.30. The molecule has 18 heavy (non-hydrogen) atoms. The van der Waals surface area contributed by atoms with Crippen LogP contribution in [0.4, 0.5) is 0 Å². The summed E-state index contributed by atoms with van der Waals surface area (Å²) in [6.45, 7) is 0. The number of fused-ring (bicyclic) bond motifs is 1. The molecule has 0 aromatic heterocycles. The van der Waals surface area contributed by atoms with Crippen molar-refractivity contribution in [2.24, 2.45) is 0 Å². The SMILES string of the molecule is N#CNC(=S)C=C1NC(=O)c2cc(Cl)c(Cl)cc21. The third-order valence-corrected chi connectivity index (χ3v) is 3.24. The van der Waals surface area contributed by atoms with Crippen LogP contribution >= 0.6 is 35.4 Å². The van der Waals surface area contributed by atoms with E-state index in [9.17, 15) is 4.79 Å². The van der Waals surface area contributed by atoms with E-state index in [2.05, 4.69) is 10.6 Å². The first-order valence-electron chi connectivity index (χ1n) is 4.74. The van der Waals surface area contributed by atoms with Gasteiger partial charge in [0.25, 0.3) is 5.91 Å². The van der Waals surface area contributed by atoms with Gasteiger partial charge in [-0.2, -0.15) is 5.26 Å². The van der Waals surface area contributed by atoms with Gasteiger partial charge < -0.3 is 5.32 Å². The first-order valence-corrected chi connectivity index (χ1v) is 5.91. The van der Waals surface area contributed by atoms with E-state index in [0.29, 0.717) is 26.9 Å². The summed E-state index contributed by atoms with van der Waals surface area (Å²) in [7, 11) is 0. The normalized spacial score (nSPS) is 14.9. The van der Waals surface area contributed by atoms with Gasteiger partial charge in [-0.15, -0.1) is 0 Å². The van der Waals surface area contributed by atoms with Crippen molar-refractivity contribution in [2.45, 2.75) is 0 Å². The van der Waals surface area contributed by atoms with Crippen LogP contribution in [0.5, 0.6) is 0 Å². The zero-order valence-corrected chi connectivity index (χ0v) is 11.1. The van der Waals surface area contributed by atoms with Crippen molar-refractivity contribution < 1.29 is 4.79 Å². The van der Waals surface area contributed by atoms with Gasteiger partial charge in [0.05, 0.1) is 21.3 Å². The molecular weight excluding hydrogens is 293 g/mol. The van der Waals surface area contributed by atoms with Crippen molar-refractivity contribution in [2.75, 3.05) is 0 Å². The standard InChI is InChI=1S/C11H5Cl2N3OS/c12-7-1-5-6(2-8(7)13)11(17)16-9(5)3-10(18)15-4-14/h1-3H,(H,15,18)(H,16,17). The molecule has 7 heteroatoms. The van der Waals surface area contributed by atoms with E-state index in [4.69, 9.17) is 40.7 Å². The van der Waals surface area contributed by atoms with Crippen molar-refractivity contribution in [3.05, 3.63) is 39.4 Å². The van der Waals surface area contributed by atoms with Gasteiger partial charge in [-0.05, 0) is 18.2 Å². The third kappa shape index (κ3) is 2.31. The number of halogens is 2. The highest BCUT2D eigenvalue weighted by Crippen LogP contribution is 2.32. The van der Waals surface area contributed by atoms with Crippen LogP contribution in [0.15, 0.2) is 18.2 Å². The summed E-state index contributed by atoms with van der Waals surface area (Å²) >= 11 is 16.6. The minimum Gasteiger partial charge on any atom is -0.321 e. The lowest BCUT2D eigenvalue weighted by Gasteiger charge is -2.02. The maximum absolute atomic E-state index is 11.7. The summed E-state index contributed by atoms with van der Waals surface area (Å²) < 4.78 is 0. The molecule has 2 rings (SSSR count). The number of hydrogen-bond acceptors (Lipinski definition) is 3. The lowest BCUT2D eigenvalue weighted by molar-refractivity contribution is 0.0981. The monoisotopic (exact) mass is 297 g/mol. The number of carbonyl (C=O) groups excluding carboxylic acids is 1. The highest BCUT2D eigenvalue weighted by molar-refractivity contribution is 7.80. The van der Waals surface area contributed by atoms with E-state index in [1.807, 2.05) is 0 Å². The van der Waals surface area contributed by atoms with Crippen LogP contribution in [-0.4, -0.2) is 10.9 Å². The molecular formula is C11H5Cl2N3OS. The summed E-state index contributed by atoms with van der Waals surface area (Å²) in [5.74, 6) is -0.283. The molecule has 2 N–H and O–H groups in total. The Morgan fingerprint density at radius 1 is 1.39 bits per heavy atom. The van der Waals surface area contributed by atoms with Gasteiger partial charge >= 0.3 is 0 Å². The van der Waals surface area contributed by atoms with Crippen molar-refractivity contribution in [3.8, 4) is 6.19 Å². The van der Waals surface area contributed by atoms with Gasteiger partial charge in [0.1, 0.15) is 4.99 Å². The van der Waals surface area contributed by atoms with Gasteiger partial charge in [0, 0.05) is 5.56 Å². The van der Waals surface area contributed by atoms with E-state index < -0.39 is 0 Å². The Kier molecular flexibility index (Phi) is 3.53. The van der Waals surface area contributed by atoms with Crippen molar-refractivity contribution >= 4 is 52.0 Å². The van der Waals surface area contributed by atoms with E-state index in [-0.39, 0.29) is 10.9 Å². The molecule has 0 aliphatic carbocycles. The van der Waals surface area contributed by atoms with Crippen molar-refractivity contribution in [1.29, 1.82) is 5.26 Å². The number of nitrogens with one attached hydrogen (secondary N) is 2. The fourth-order valence-electron chi connectivity index (χ4n) is 1.55. The molecule has 4 nitrogen and oxygen atoms in total. The van der Waals surface area contributed by atoms with Crippen LogP contribution in [0.2, 0.25) is 10.0 Å². The first kappa shape index (κ1) is 12.8. The van der Waals surface area contributed by atoms with Crippen LogP contribution in [0.25, 0.3) is 5.70 Å². The average molecular weight is 298 g/mol. The molecule has 1 aliphatic heterocycles. The predicted octanol–water partition coefficient (Wildman–Crippen LogP) is 2.48. The molecule has 0 bridgehead atoms. The van der Waals surface area contributed by atoms with Crippen molar-refractivity contribution in [3.63, 3.8) is 0 Å². The number of benzene rings is 1. The molecule has 1 aliphatic rings. The lowest BCUT2D eigenvalue weighted by Crippen LogP contribution is -2.16. The number of rotatable bonds is 1. The molecule has 90 valence electrons. The zero-order chi connectivity index (χ0) is 13.3. The fourth-order valence-corrected chi connectivity index (χ4v) is 2.04. The second-order valence-corrected chi connectivity index (χ2v) is 4.68. The fraction of sp³-hybridized carbons (Fsp3) is 0. The Morgan fingerprint density at radius 3 is 2.61 bits per heavy atom. The molecule has 0 radical (unpaired) electrons. The molecule has 0 spiro atoms. The lowest BCUT2D eigenvalue weighted by atomic mass is 10.1. The van der Waals surface area contributed by atoms with Gasteiger partial charge in [0.15, 0.2) is 6.19 Å². The summed E-state index contributed by atoms with van der Waals surface area (Å²) in [5, 5.41) is 14.0. The van der Waals surface area contributed by atoms with Crippen LogP contribution in [0.3, 0.4) is 0 Å². The topological polar surface area (TPSA) is 64.9 Å². The molecule has 0 saturated heterocycles. The second-order valence-electron chi connectivity index (χ2n) is 3.43. The molecule has 0 unspecified atom stereocenters. The molecule has 0 fully saturated rings. The Hall–Kier alpha value is -1.61. The highest BCUT2D eigenvalue weighted by atomic mass is 35.5. The number of amides is 1. The number of hydrogen-bond donors (Lipinski definition) is 2. The smallest absolute Gasteiger partial charge is 0.256 e. The minimum atomic E-state index is -0.283. The van der Waals surface area contributed by atoms with Crippen molar-refractivity contribution in [1.82, 2.24) is 10.6 Å². The van der Waals surface area contributed by atoms with Gasteiger partial charge in [-0.3, -0.25) is 10.1 Å². The summed E-state index contributed by atoms with van der Waals surface area (Å²) in [6, 6.07) is 3.08. The summed E-state index contributed by atoms with van der Waals surface area (Å²) in [6.07, 6.45) is 3.18. The highest BCUT2D eigenvalue weighted by Gasteiger charge is 2.25. The summed E-state index contributed by atoms with van der Waals surface area (Å²) in [4.78, 5) is 11.9. The summed E-state index contributed by atoms with van der Waals surface area (Å²) in [5.41, 5.74) is 1.52. The average Bonchev–Trinajstić information content (AvgIpc) is 2.57. The van der Waals surface area contributed by atoms with E-state index in [1.165, 1.54) is 12.1 Å². The molecule has 1 aromatic carbocycles. The zero-order valence-electron chi connectivity index (χ0n) is 8.75. The van der Waals surface area contributed by atoms with Gasteiger partial charge in [0.2, 0.25) is 0 Å². The minimum absolute atomic E-state index is 0.201. The van der Waals surface area contributed by atoms with E-state index >= 15 is 0 Å². The quantitative estimate of drug-likeness (QED) is 0.362. The maximum Gasteiger partial charge on any atom is 0.256 e. The second kappa shape index (κ2) is 4.94. The largest absolute Gasteiger partial charge is 0.321 e. The molecule has 1 aromatic rings. The Morgan fingerprint density at radius 2 is 2.00 bits per heavy atom. The Bertz CT molecular complexity index is 634. The van der Waals surface area contributed by atoms with Crippen LogP contribution < -0.4 is 10.6 Å². The number of carbonyl (C=O) groups is 1. The maximum atomic E-state index is 11.7. The van der Waals surface area contributed by atoms with Gasteiger partial charge in [-0.25, -0.2) is 0 Å². The van der Waals surface area contributed by atoms with Crippen LogP contribution in [-0.2, 0) is 0 Å². The van der Waals surface area contributed by atoms with Gasteiger partial charge in [-0.1, -0.05) is 35.4 Å². The number of nitriles is 1. The Labute approximate surface area is 118 Å². The molecule has 0 atom stereocenters. The number of nitrogens with zero attached hydrogens (tertiary/aromatic N) is 1. The van der Waals surface area contributed by atoms with E-state index in [0.717, 1.165) is 0 Å².